The predicted octanol–water partition coefficient (Wildman–Crippen LogP) is 2.76. The van der Waals surface area contributed by atoms with Crippen LogP contribution in [0.25, 0.3) is 0 Å². The van der Waals surface area contributed by atoms with Crippen LogP contribution < -0.4 is 9.46 Å². The summed E-state index contributed by atoms with van der Waals surface area (Å²) in [5.74, 6) is -0.640. The molecular formula is C16H16ClN3O6S. The van der Waals surface area contributed by atoms with E-state index in [1.807, 2.05) is 0 Å². The van der Waals surface area contributed by atoms with E-state index in [0.29, 0.717) is 0 Å². The number of hydrogen-bond acceptors (Lipinski definition) is 6. The van der Waals surface area contributed by atoms with Gasteiger partial charge >= 0.3 is 0 Å². The fraction of sp³-hybridized carbons (Fsp3) is 0.188. The molecule has 0 aliphatic rings. The zero-order valence-electron chi connectivity index (χ0n) is 14.6. The molecule has 0 radical (unpaired) electrons. The molecule has 0 heterocycles. The van der Waals surface area contributed by atoms with Crippen LogP contribution in [0.4, 0.5) is 11.4 Å². The quantitative estimate of drug-likeness (QED) is 0.574. The van der Waals surface area contributed by atoms with Crippen molar-refractivity contribution in [3.63, 3.8) is 0 Å². The van der Waals surface area contributed by atoms with E-state index in [1.54, 1.807) is 0 Å². The average Bonchev–Trinajstić information content (AvgIpc) is 2.60. The van der Waals surface area contributed by atoms with E-state index in [1.165, 1.54) is 44.3 Å². The second-order valence-corrected chi connectivity index (χ2v) is 7.67. The Kier molecular flexibility index (Phi) is 5.91. The molecule has 0 unspecified atom stereocenters. The minimum Gasteiger partial charge on any atom is -0.495 e. The van der Waals surface area contributed by atoms with Gasteiger partial charge in [0.25, 0.3) is 21.6 Å². The molecule has 0 aromatic heterocycles. The Morgan fingerprint density at radius 2 is 1.89 bits per heavy atom. The number of nitrogens with one attached hydrogen (secondary N) is 1. The molecule has 144 valence electrons. The zero-order valence-corrected chi connectivity index (χ0v) is 16.2. The van der Waals surface area contributed by atoms with E-state index in [2.05, 4.69) is 4.72 Å². The number of nitrogens with zero attached hydrogens (tertiary/aromatic N) is 2. The first kappa shape index (κ1) is 20.5. The minimum absolute atomic E-state index is 0.0263. The predicted molar refractivity (Wildman–Crippen MR) is 99.9 cm³/mol. The molecule has 2 rings (SSSR count). The molecule has 2 aromatic carbocycles. The Morgan fingerprint density at radius 3 is 2.44 bits per heavy atom. The lowest BCUT2D eigenvalue weighted by Crippen LogP contribution is -2.24. The number of nitro benzene ring substituents is 1. The second-order valence-electron chi connectivity index (χ2n) is 5.59. The van der Waals surface area contributed by atoms with Crippen LogP contribution in [0, 0.1) is 10.1 Å². The Labute approximate surface area is 160 Å². The summed E-state index contributed by atoms with van der Waals surface area (Å²) in [6.45, 7) is 0. The maximum atomic E-state index is 12.8. The van der Waals surface area contributed by atoms with E-state index in [-0.39, 0.29) is 32.6 Å². The molecule has 0 aliphatic carbocycles. The molecule has 11 heteroatoms. The van der Waals surface area contributed by atoms with Gasteiger partial charge in [-0.05, 0) is 24.3 Å². The van der Waals surface area contributed by atoms with Crippen LogP contribution in [0.5, 0.6) is 5.75 Å². The molecule has 2 aromatic rings. The van der Waals surface area contributed by atoms with Gasteiger partial charge in [0.1, 0.15) is 10.6 Å². The fourth-order valence-electron chi connectivity index (χ4n) is 2.22. The number of non-ortho nitro benzene ring substituents is 1. The van der Waals surface area contributed by atoms with Gasteiger partial charge in [-0.2, -0.15) is 0 Å². The van der Waals surface area contributed by atoms with E-state index in [4.69, 9.17) is 16.3 Å². The van der Waals surface area contributed by atoms with Crippen molar-refractivity contribution in [1.82, 2.24) is 4.90 Å². The summed E-state index contributed by atoms with van der Waals surface area (Å²) in [6.07, 6.45) is 0. The summed E-state index contributed by atoms with van der Waals surface area (Å²) in [7, 11) is 0.0137. The van der Waals surface area contributed by atoms with Crippen molar-refractivity contribution < 1.29 is 22.9 Å². The number of ether oxygens (including phenoxy) is 1. The Bertz CT molecular complexity index is 1010. The van der Waals surface area contributed by atoms with Crippen molar-refractivity contribution in [3.05, 3.63) is 57.1 Å². The molecule has 0 atom stereocenters. The molecule has 0 spiro atoms. The molecule has 1 amide bonds. The maximum absolute atomic E-state index is 12.8. The average molecular weight is 414 g/mol. The highest BCUT2D eigenvalue weighted by Gasteiger charge is 2.25. The number of sulfonamides is 1. The van der Waals surface area contributed by atoms with Gasteiger partial charge in [-0.15, -0.1) is 0 Å². The van der Waals surface area contributed by atoms with Crippen LogP contribution in [0.2, 0.25) is 5.02 Å². The number of rotatable bonds is 6. The fourth-order valence-corrected chi connectivity index (χ4v) is 3.61. The monoisotopic (exact) mass is 413 g/mol. The number of benzene rings is 2. The molecule has 1 N–H and O–H groups in total. The van der Waals surface area contributed by atoms with Crippen molar-refractivity contribution in [3.8, 4) is 5.75 Å². The van der Waals surface area contributed by atoms with Crippen molar-refractivity contribution in [2.75, 3.05) is 25.9 Å². The number of nitro groups is 1. The highest BCUT2D eigenvalue weighted by molar-refractivity contribution is 7.92. The van der Waals surface area contributed by atoms with Gasteiger partial charge in [0.15, 0.2) is 0 Å². The Morgan fingerprint density at radius 1 is 1.22 bits per heavy atom. The molecule has 0 aliphatic heterocycles. The van der Waals surface area contributed by atoms with Gasteiger partial charge in [0.2, 0.25) is 0 Å². The van der Waals surface area contributed by atoms with Crippen LogP contribution in [-0.4, -0.2) is 45.4 Å². The van der Waals surface area contributed by atoms with E-state index >= 15 is 0 Å². The summed E-state index contributed by atoms with van der Waals surface area (Å²) in [4.78, 5) is 23.5. The van der Waals surface area contributed by atoms with Crippen molar-refractivity contribution in [1.29, 1.82) is 0 Å². The molecule has 27 heavy (non-hydrogen) atoms. The normalized spacial score (nSPS) is 11.0. The Balaban J connectivity index is 2.53. The first-order valence-electron chi connectivity index (χ1n) is 7.43. The smallest absolute Gasteiger partial charge is 0.273 e. The zero-order chi connectivity index (χ0) is 20.4. The van der Waals surface area contributed by atoms with Gasteiger partial charge < -0.3 is 9.64 Å². The lowest BCUT2D eigenvalue weighted by molar-refractivity contribution is -0.385. The summed E-state index contributed by atoms with van der Waals surface area (Å²) < 4.78 is 32.8. The van der Waals surface area contributed by atoms with Gasteiger partial charge in [-0.25, -0.2) is 8.42 Å². The second kappa shape index (κ2) is 7.80. The SMILES string of the molecule is COc1cc([N+](=O)[O-])ccc1S(=O)(=O)Nc1cc(Cl)ccc1C(=O)N(C)C. The summed E-state index contributed by atoms with van der Waals surface area (Å²) in [5, 5.41) is 11.1. The van der Waals surface area contributed by atoms with Gasteiger partial charge in [0, 0.05) is 25.2 Å². The Hall–Kier alpha value is -2.85. The van der Waals surface area contributed by atoms with Crippen molar-refractivity contribution in [2.45, 2.75) is 4.90 Å². The van der Waals surface area contributed by atoms with Gasteiger partial charge in [-0.1, -0.05) is 11.6 Å². The number of amides is 1. The van der Waals surface area contributed by atoms with Crippen molar-refractivity contribution >= 4 is 38.9 Å². The molecule has 0 saturated heterocycles. The topological polar surface area (TPSA) is 119 Å². The summed E-state index contributed by atoms with van der Waals surface area (Å²) in [6, 6.07) is 7.25. The third kappa shape index (κ3) is 4.47. The standard InChI is InChI=1S/C16H16ClN3O6S/c1-19(2)16(21)12-6-4-10(17)8-13(12)18-27(24,25)15-7-5-11(20(22)23)9-14(15)26-3/h4-9,18H,1-3H3. The van der Waals surface area contributed by atoms with Crippen LogP contribution >= 0.6 is 11.6 Å². The van der Waals surface area contributed by atoms with Crippen LogP contribution in [0.3, 0.4) is 0 Å². The molecular weight excluding hydrogens is 398 g/mol. The van der Waals surface area contributed by atoms with Crippen LogP contribution in [0.1, 0.15) is 10.4 Å². The molecule has 0 bridgehead atoms. The first-order chi connectivity index (χ1) is 12.6. The number of halogens is 1. The van der Waals surface area contributed by atoms with Crippen LogP contribution in [0.15, 0.2) is 41.3 Å². The number of carbonyl (C=O) groups is 1. The molecule has 9 nitrogen and oxygen atoms in total. The highest BCUT2D eigenvalue weighted by Crippen LogP contribution is 2.31. The first-order valence-corrected chi connectivity index (χ1v) is 9.29. The molecule has 0 saturated carbocycles. The van der Waals surface area contributed by atoms with Gasteiger partial charge in [-0.3, -0.25) is 19.6 Å². The number of carbonyl (C=O) groups excluding carboxylic acids is 1. The van der Waals surface area contributed by atoms with E-state index < -0.39 is 20.9 Å². The van der Waals surface area contributed by atoms with Crippen molar-refractivity contribution in [2.24, 2.45) is 0 Å². The largest absolute Gasteiger partial charge is 0.495 e. The van der Waals surface area contributed by atoms with Gasteiger partial charge in [0.05, 0.1) is 29.4 Å². The summed E-state index contributed by atoms with van der Waals surface area (Å²) in [5.41, 5.74) is -0.257. The number of hydrogen-bond donors (Lipinski definition) is 1. The molecule has 0 fully saturated rings. The minimum atomic E-state index is -4.22. The third-order valence-corrected chi connectivity index (χ3v) is 5.15. The number of methoxy groups -OCH3 is 1. The lowest BCUT2D eigenvalue weighted by Gasteiger charge is -2.16. The summed E-state index contributed by atoms with van der Waals surface area (Å²) >= 11 is 5.93. The highest BCUT2D eigenvalue weighted by atomic mass is 35.5. The number of anilines is 1. The lowest BCUT2D eigenvalue weighted by atomic mass is 10.1. The van der Waals surface area contributed by atoms with E-state index in [0.717, 1.165) is 18.2 Å². The third-order valence-electron chi connectivity index (χ3n) is 3.51. The van der Waals surface area contributed by atoms with E-state index in [9.17, 15) is 23.3 Å². The maximum Gasteiger partial charge on any atom is 0.273 e. The van der Waals surface area contributed by atoms with Crippen LogP contribution in [-0.2, 0) is 10.0 Å².